The molecule has 0 aliphatic heterocycles. The zero-order chi connectivity index (χ0) is 27.2. The Morgan fingerprint density at radius 2 is 1.89 bits per heavy atom. The first-order valence-corrected chi connectivity index (χ1v) is 12.0. The molecule has 10 heteroatoms. The second-order valence-corrected chi connectivity index (χ2v) is 8.92. The second kappa shape index (κ2) is 11.6. The van der Waals surface area contributed by atoms with Crippen molar-refractivity contribution in [1.29, 1.82) is 0 Å². The van der Waals surface area contributed by atoms with Gasteiger partial charge in [-0.05, 0) is 44.4 Å². The van der Waals surface area contributed by atoms with Gasteiger partial charge in [-0.1, -0.05) is 18.7 Å². The maximum absolute atomic E-state index is 12.3. The predicted molar refractivity (Wildman–Crippen MR) is 152 cm³/mol. The zero-order valence-corrected chi connectivity index (χ0v) is 21.9. The molecule has 2 heterocycles. The van der Waals surface area contributed by atoms with E-state index < -0.39 is 0 Å². The summed E-state index contributed by atoms with van der Waals surface area (Å²) in [6.45, 7) is 5.13. The standard InChI is InChI=1S/C28H31N7O3/c1-6-27(37)30-20-17-21(25(38-5)18-23(20)34(4)16-15-33(2)3)31-28-29-13-11-26(32-28)35-14-12-24(36)19-9-7-8-10-22(19)35/h6-14,17-18H,1,15-16H2,2-5H3,(H,30,37)(H,29,31,32). The van der Waals surface area contributed by atoms with E-state index in [4.69, 9.17) is 4.74 Å². The number of nitrogens with zero attached hydrogens (tertiary/aromatic N) is 5. The molecule has 0 bridgehead atoms. The van der Waals surface area contributed by atoms with E-state index >= 15 is 0 Å². The van der Waals surface area contributed by atoms with E-state index in [2.05, 4.69) is 32.1 Å². The number of carbonyl (C=O) groups is 1. The highest BCUT2D eigenvalue weighted by Crippen LogP contribution is 2.38. The number of ether oxygens (including phenoxy) is 1. The molecule has 2 N–H and O–H groups in total. The number of methoxy groups -OCH3 is 1. The summed E-state index contributed by atoms with van der Waals surface area (Å²) in [7, 11) is 7.55. The highest BCUT2D eigenvalue weighted by atomic mass is 16.5. The Balaban J connectivity index is 1.73. The highest BCUT2D eigenvalue weighted by Gasteiger charge is 2.17. The molecule has 0 spiro atoms. The molecule has 0 unspecified atom stereocenters. The van der Waals surface area contributed by atoms with Crippen LogP contribution in [0.4, 0.5) is 23.0 Å². The molecule has 0 aliphatic rings. The number of anilines is 4. The Labute approximate surface area is 221 Å². The molecular formula is C28H31N7O3. The number of likely N-dealkylation sites (N-methyl/N-ethyl adjacent to an activating group) is 2. The maximum Gasteiger partial charge on any atom is 0.247 e. The summed E-state index contributed by atoms with van der Waals surface area (Å²) in [5.74, 6) is 1.12. The van der Waals surface area contributed by atoms with Crippen molar-refractivity contribution in [2.24, 2.45) is 0 Å². The van der Waals surface area contributed by atoms with Gasteiger partial charge in [0, 0.05) is 50.0 Å². The first kappa shape index (κ1) is 26.4. The molecule has 38 heavy (non-hydrogen) atoms. The molecule has 0 radical (unpaired) electrons. The number of amides is 1. The van der Waals surface area contributed by atoms with Gasteiger partial charge in [-0.3, -0.25) is 9.59 Å². The third-order valence-corrected chi connectivity index (χ3v) is 5.99. The van der Waals surface area contributed by atoms with Gasteiger partial charge < -0.3 is 29.7 Å². The average Bonchev–Trinajstić information content (AvgIpc) is 2.92. The molecule has 1 amide bonds. The third kappa shape index (κ3) is 5.81. The normalized spacial score (nSPS) is 10.9. The fourth-order valence-corrected chi connectivity index (χ4v) is 3.97. The lowest BCUT2D eigenvalue weighted by molar-refractivity contribution is -0.111. The fourth-order valence-electron chi connectivity index (χ4n) is 3.97. The second-order valence-electron chi connectivity index (χ2n) is 8.92. The summed E-state index contributed by atoms with van der Waals surface area (Å²) in [5.41, 5.74) is 2.62. The van der Waals surface area contributed by atoms with Gasteiger partial charge in [-0.15, -0.1) is 0 Å². The number of fused-ring (bicyclic) bond motifs is 1. The molecular weight excluding hydrogens is 482 g/mol. The van der Waals surface area contributed by atoms with Gasteiger partial charge in [0.1, 0.15) is 11.6 Å². The van der Waals surface area contributed by atoms with Crippen LogP contribution >= 0.6 is 0 Å². The monoisotopic (exact) mass is 513 g/mol. The first-order chi connectivity index (χ1) is 18.3. The van der Waals surface area contributed by atoms with Crippen LogP contribution in [0.25, 0.3) is 16.7 Å². The quantitative estimate of drug-likeness (QED) is 0.310. The number of benzene rings is 2. The molecule has 4 aromatic rings. The number of aromatic nitrogens is 3. The lowest BCUT2D eigenvalue weighted by atomic mass is 10.2. The Morgan fingerprint density at radius 3 is 2.63 bits per heavy atom. The molecule has 0 saturated heterocycles. The van der Waals surface area contributed by atoms with Crippen LogP contribution < -0.4 is 25.7 Å². The predicted octanol–water partition coefficient (Wildman–Crippen LogP) is 3.66. The maximum atomic E-state index is 12.3. The van der Waals surface area contributed by atoms with E-state index in [9.17, 15) is 9.59 Å². The number of para-hydroxylation sites is 1. The van der Waals surface area contributed by atoms with Crippen molar-refractivity contribution in [2.45, 2.75) is 0 Å². The largest absolute Gasteiger partial charge is 0.494 e. The number of hydrogen-bond acceptors (Lipinski definition) is 8. The fraction of sp³-hybridized carbons (Fsp3) is 0.214. The van der Waals surface area contributed by atoms with Crippen molar-refractivity contribution in [3.8, 4) is 11.6 Å². The van der Waals surface area contributed by atoms with E-state index in [0.717, 1.165) is 24.3 Å². The van der Waals surface area contributed by atoms with Crippen LogP contribution in [0.15, 0.2) is 78.4 Å². The topological polar surface area (TPSA) is 105 Å². The van der Waals surface area contributed by atoms with Crippen molar-refractivity contribution in [3.05, 3.63) is 83.8 Å². The van der Waals surface area contributed by atoms with Gasteiger partial charge in [-0.2, -0.15) is 4.98 Å². The van der Waals surface area contributed by atoms with E-state index in [1.807, 2.05) is 54.9 Å². The number of carbonyl (C=O) groups excluding carboxylic acids is 1. The first-order valence-electron chi connectivity index (χ1n) is 12.0. The molecule has 0 aliphatic carbocycles. The Hall–Kier alpha value is -4.70. The summed E-state index contributed by atoms with van der Waals surface area (Å²) >= 11 is 0. The SMILES string of the molecule is C=CC(=O)Nc1cc(Nc2nccc(-n3ccc(=O)c4ccccc43)n2)c(OC)cc1N(C)CCN(C)C. The molecule has 2 aromatic heterocycles. The lowest BCUT2D eigenvalue weighted by Gasteiger charge is -2.26. The van der Waals surface area contributed by atoms with Crippen LogP contribution in [0, 0.1) is 0 Å². The van der Waals surface area contributed by atoms with Crippen LogP contribution in [0.3, 0.4) is 0 Å². The van der Waals surface area contributed by atoms with Crippen LogP contribution in [-0.4, -0.2) is 66.7 Å². The van der Waals surface area contributed by atoms with Crippen LogP contribution in [0.1, 0.15) is 0 Å². The zero-order valence-electron chi connectivity index (χ0n) is 21.9. The van der Waals surface area contributed by atoms with Gasteiger partial charge in [-0.25, -0.2) is 4.98 Å². The Bertz CT molecular complexity index is 1530. The van der Waals surface area contributed by atoms with Gasteiger partial charge in [0.05, 0.1) is 29.7 Å². The third-order valence-electron chi connectivity index (χ3n) is 5.99. The number of nitrogens with one attached hydrogen (secondary N) is 2. The summed E-state index contributed by atoms with van der Waals surface area (Å²) in [4.78, 5) is 37.7. The molecule has 10 nitrogen and oxygen atoms in total. The van der Waals surface area contributed by atoms with Crippen molar-refractivity contribution in [3.63, 3.8) is 0 Å². The van der Waals surface area contributed by atoms with Crippen LogP contribution in [-0.2, 0) is 4.79 Å². The number of pyridine rings is 1. The van der Waals surface area contributed by atoms with Crippen molar-refractivity contribution in [2.75, 3.05) is 56.9 Å². The van der Waals surface area contributed by atoms with E-state index in [-0.39, 0.29) is 11.3 Å². The van der Waals surface area contributed by atoms with Crippen molar-refractivity contribution < 1.29 is 9.53 Å². The Kier molecular flexibility index (Phi) is 8.03. The van der Waals surface area contributed by atoms with Gasteiger partial charge in [0.2, 0.25) is 11.9 Å². The summed E-state index contributed by atoms with van der Waals surface area (Å²) in [6, 6.07) is 14.3. The number of rotatable bonds is 10. The van der Waals surface area contributed by atoms with Crippen molar-refractivity contribution >= 4 is 39.8 Å². The minimum Gasteiger partial charge on any atom is -0.494 e. The summed E-state index contributed by atoms with van der Waals surface area (Å²) in [5, 5.41) is 6.70. The average molecular weight is 514 g/mol. The number of hydrogen-bond donors (Lipinski definition) is 2. The van der Waals surface area contributed by atoms with Gasteiger partial charge >= 0.3 is 0 Å². The van der Waals surface area contributed by atoms with Crippen molar-refractivity contribution in [1.82, 2.24) is 19.4 Å². The van der Waals surface area contributed by atoms with Crippen LogP contribution in [0.2, 0.25) is 0 Å². The van der Waals surface area contributed by atoms with Crippen LogP contribution in [0.5, 0.6) is 5.75 Å². The van der Waals surface area contributed by atoms with Gasteiger partial charge in [0.15, 0.2) is 5.43 Å². The lowest BCUT2D eigenvalue weighted by Crippen LogP contribution is -2.29. The summed E-state index contributed by atoms with van der Waals surface area (Å²) < 4.78 is 7.51. The molecule has 0 fully saturated rings. The molecule has 196 valence electrons. The van der Waals surface area contributed by atoms with E-state index in [0.29, 0.717) is 34.3 Å². The Morgan fingerprint density at radius 1 is 1.11 bits per heavy atom. The molecule has 0 saturated carbocycles. The summed E-state index contributed by atoms with van der Waals surface area (Å²) in [6.07, 6.45) is 4.55. The molecule has 2 aromatic carbocycles. The minimum atomic E-state index is -0.327. The van der Waals surface area contributed by atoms with Gasteiger partial charge in [0.25, 0.3) is 0 Å². The molecule has 4 rings (SSSR count). The minimum absolute atomic E-state index is 0.0567. The smallest absolute Gasteiger partial charge is 0.247 e. The highest BCUT2D eigenvalue weighted by molar-refractivity contribution is 6.02. The van der Waals surface area contributed by atoms with E-state index in [1.165, 1.54) is 12.1 Å². The molecule has 0 atom stereocenters. The van der Waals surface area contributed by atoms with E-state index in [1.54, 1.807) is 37.7 Å².